The molecule has 0 unspecified atom stereocenters. The minimum atomic E-state index is -0.792. The number of hydrogen-bond donors (Lipinski definition) is 1. The second-order valence-corrected chi connectivity index (χ2v) is 10.7. The zero-order valence-electron chi connectivity index (χ0n) is 22.5. The first kappa shape index (κ1) is 26.8. The van der Waals surface area contributed by atoms with Gasteiger partial charge in [-0.3, -0.25) is 29.4 Å². The molecule has 2 aromatic heterocycles. The number of anilines is 2. The molecule has 0 radical (unpaired) electrons. The van der Waals surface area contributed by atoms with Crippen LogP contribution in [0.4, 0.5) is 22.0 Å². The van der Waals surface area contributed by atoms with E-state index in [-0.39, 0.29) is 18.1 Å². The smallest absolute Gasteiger partial charge is 0.410 e. The van der Waals surface area contributed by atoms with Crippen molar-refractivity contribution in [2.75, 3.05) is 42.9 Å². The lowest BCUT2D eigenvalue weighted by Gasteiger charge is -2.36. The molecule has 1 N–H and O–H groups in total. The van der Waals surface area contributed by atoms with Gasteiger partial charge < -0.3 is 24.8 Å². The number of pyridine rings is 1. The summed E-state index contributed by atoms with van der Waals surface area (Å²) < 4.78 is 7.14. The van der Waals surface area contributed by atoms with Gasteiger partial charge in [0.2, 0.25) is 0 Å². The molecule has 0 spiro atoms. The molecule has 3 aromatic rings. The molecule has 0 atom stereocenters. The molecule has 3 amide bonds. The molecule has 2 aliphatic heterocycles. The Kier molecular flexibility index (Phi) is 7.00. The summed E-state index contributed by atoms with van der Waals surface area (Å²) >= 11 is 0. The molecule has 1 saturated heterocycles. The average molecular weight is 551 g/mol. The summed E-state index contributed by atoms with van der Waals surface area (Å²) in [7, 11) is 0. The fourth-order valence-corrected chi connectivity index (χ4v) is 4.87. The number of piperazine rings is 1. The topological polar surface area (TPSA) is 156 Å². The highest BCUT2D eigenvalue weighted by Gasteiger charge is 2.30. The number of hydrogen-bond acceptors (Lipinski definition) is 9. The molecule has 0 aliphatic carbocycles. The van der Waals surface area contributed by atoms with E-state index in [1.54, 1.807) is 54.7 Å². The minimum absolute atomic E-state index is 0.0177. The van der Waals surface area contributed by atoms with Gasteiger partial charge in [0.1, 0.15) is 5.60 Å². The quantitative estimate of drug-likeness (QED) is 0.294. The summed E-state index contributed by atoms with van der Waals surface area (Å²) in [5.74, 6) is -1.22. The fourth-order valence-electron chi connectivity index (χ4n) is 4.87. The first-order valence-corrected chi connectivity index (χ1v) is 12.9. The summed E-state index contributed by atoms with van der Waals surface area (Å²) in [4.78, 5) is 58.2. The van der Waals surface area contributed by atoms with Crippen LogP contribution in [0.15, 0.2) is 36.7 Å². The van der Waals surface area contributed by atoms with Gasteiger partial charge in [-0.15, -0.1) is 0 Å². The van der Waals surface area contributed by atoms with Crippen LogP contribution in [-0.2, 0) is 27.4 Å². The molecule has 0 bridgehead atoms. The molecule has 4 heterocycles. The van der Waals surface area contributed by atoms with Gasteiger partial charge in [-0.1, -0.05) is 0 Å². The second kappa shape index (κ2) is 10.4. The Morgan fingerprint density at radius 3 is 2.42 bits per heavy atom. The number of fused-ring (bicyclic) bond motifs is 2. The third-order valence-electron chi connectivity index (χ3n) is 6.76. The molecule has 14 nitrogen and oxygen atoms in total. The number of nitrogens with one attached hydrogen (secondary N) is 1. The Bertz CT molecular complexity index is 1490. The van der Waals surface area contributed by atoms with Crippen LogP contribution in [0.1, 0.15) is 26.5 Å². The molecule has 1 aromatic carbocycles. The van der Waals surface area contributed by atoms with Gasteiger partial charge in [0, 0.05) is 68.3 Å². The zero-order chi connectivity index (χ0) is 28.6. The number of amides is 3. The van der Waals surface area contributed by atoms with E-state index in [0.29, 0.717) is 50.0 Å². The summed E-state index contributed by atoms with van der Waals surface area (Å²) in [5, 5.41) is 19.5. The maximum atomic E-state index is 12.9. The molecule has 210 valence electrons. The average Bonchev–Trinajstić information content (AvgIpc) is 3.32. The van der Waals surface area contributed by atoms with Crippen molar-refractivity contribution < 1.29 is 24.0 Å². The van der Waals surface area contributed by atoms with E-state index in [4.69, 9.17) is 4.74 Å². The Morgan fingerprint density at radius 2 is 1.73 bits per heavy atom. The molecule has 0 saturated carbocycles. The van der Waals surface area contributed by atoms with Gasteiger partial charge >= 0.3 is 17.9 Å². The van der Waals surface area contributed by atoms with E-state index in [1.165, 1.54) is 17.2 Å². The molecular weight excluding hydrogens is 520 g/mol. The summed E-state index contributed by atoms with van der Waals surface area (Å²) in [6.07, 6.45) is 2.64. The van der Waals surface area contributed by atoms with Crippen LogP contribution in [-0.4, -0.2) is 85.7 Å². The van der Waals surface area contributed by atoms with Gasteiger partial charge in [0.15, 0.2) is 5.82 Å². The number of carbonyl (C=O) groups is 3. The molecule has 14 heteroatoms. The SMILES string of the molecule is CC(C)(C)OC(=O)N1CCn2nc(NC(=O)C(=O)N3CCN(c4ccc([N+](=O)[O-])c5cnccc45)CC3)cc2C1. The summed E-state index contributed by atoms with van der Waals surface area (Å²) in [6, 6.07) is 6.55. The van der Waals surface area contributed by atoms with Crippen LogP contribution in [0, 0.1) is 10.1 Å². The molecule has 5 rings (SSSR count). The van der Waals surface area contributed by atoms with Gasteiger partial charge in [0.05, 0.1) is 29.1 Å². The standard InChI is InChI=1S/C26H30N8O6/c1-26(2,3)40-25(37)32-12-13-33-17(16-32)14-22(29-33)28-23(35)24(36)31-10-8-30(9-11-31)20-4-5-21(34(38)39)19-15-27-7-6-18(19)20/h4-7,14-15H,8-13,16H2,1-3H3,(H,28,29,35). The van der Waals surface area contributed by atoms with Crippen LogP contribution < -0.4 is 10.2 Å². The van der Waals surface area contributed by atoms with Gasteiger partial charge in [-0.25, -0.2) is 4.79 Å². The first-order chi connectivity index (χ1) is 19.0. The van der Waals surface area contributed by atoms with Gasteiger partial charge in [-0.05, 0) is 32.9 Å². The highest BCUT2D eigenvalue weighted by atomic mass is 16.6. The van der Waals surface area contributed by atoms with E-state index < -0.39 is 28.4 Å². The number of nitro benzene ring substituents is 1. The van der Waals surface area contributed by atoms with Crippen molar-refractivity contribution in [2.24, 2.45) is 0 Å². The van der Waals surface area contributed by atoms with E-state index in [9.17, 15) is 24.5 Å². The zero-order valence-corrected chi connectivity index (χ0v) is 22.5. The third-order valence-corrected chi connectivity index (χ3v) is 6.76. The van der Waals surface area contributed by atoms with Crippen molar-refractivity contribution >= 4 is 45.9 Å². The summed E-state index contributed by atoms with van der Waals surface area (Å²) in [5.41, 5.74) is 0.908. The molecule has 2 aliphatic rings. The summed E-state index contributed by atoms with van der Waals surface area (Å²) in [6.45, 7) is 8.06. The number of nitrogens with zero attached hydrogens (tertiary/aromatic N) is 7. The van der Waals surface area contributed by atoms with Gasteiger partial charge in [-0.2, -0.15) is 5.10 Å². The maximum Gasteiger partial charge on any atom is 0.410 e. The van der Waals surface area contributed by atoms with E-state index in [2.05, 4.69) is 15.4 Å². The Balaban J connectivity index is 1.19. The number of nitro groups is 1. The van der Waals surface area contributed by atoms with Crippen molar-refractivity contribution in [1.82, 2.24) is 24.6 Å². The van der Waals surface area contributed by atoms with Crippen LogP contribution in [0.5, 0.6) is 0 Å². The lowest BCUT2D eigenvalue weighted by molar-refractivity contribution is -0.383. The van der Waals surface area contributed by atoms with Crippen molar-refractivity contribution in [3.8, 4) is 0 Å². The van der Waals surface area contributed by atoms with Crippen LogP contribution in [0.2, 0.25) is 0 Å². The highest BCUT2D eigenvalue weighted by molar-refractivity contribution is 6.39. The number of non-ortho nitro benzene ring substituents is 1. The molecule has 40 heavy (non-hydrogen) atoms. The Morgan fingerprint density at radius 1 is 1.00 bits per heavy atom. The van der Waals surface area contributed by atoms with E-state index in [0.717, 1.165) is 11.4 Å². The van der Waals surface area contributed by atoms with Crippen LogP contribution in [0.3, 0.4) is 0 Å². The monoisotopic (exact) mass is 550 g/mol. The lowest BCUT2D eigenvalue weighted by atomic mass is 10.1. The van der Waals surface area contributed by atoms with Crippen molar-refractivity contribution in [3.63, 3.8) is 0 Å². The predicted octanol–water partition coefficient (Wildman–Crippen LogP) is 2.38. The largest absolute Gasteiger partial charge is 0.444 e. The molecule has 1 fully saturated rings. The third kappa shape index (κ3) is 5.51. The minimum Gasteiger partial charge on any atom is -0.444 e. The Hall–Kier alpha value is -4.75. The van der Waals surface area contributed by atoms with Crippen LogP contribution in [0.25, 0.3) is 10.8 Å². The fraction of sp³-hybridized carbons (Fsp3) is 0.423. The highest BCUT2D eigenvalue weighted by Crippen LogP contribution is 2.33. The van der Waals surface area contributed by atoms with E-state index >= 15 is 0 Å². The van der Waals surface area contributed by atoms with Crippen molar-refractivity contribution in [3.05, 3.63) is 52.5 Å². The lowest BCUT2D eigenvalue weighted by Crippen LogP contribution is -2.51. The number of benzene rings is 1. The van der Waals surface area contributed by atoms with E-state index in [1.807, 2.05) is 4.90 Å². The van der Waals surface area contributed by atoms with Gasteiger partial charge in [0.25, 0.3) is 5.69 Å². The normalized spacial score (nSPS) is 15.5. The first-order valence-electron chi connectivity index (χ1n) is 12.9. The van der Waals surface area contributed by atoms with Crippen molar-refractivity contribution in [2.45, 2.75) is 39.5 Å². The second-order valence-electron chi connectivity index (χ2n) is 10.7. The number of rotatable bonds is 3. The number of ether oxygens (including phenoxy) is 1. The maximum absolute atomic E-state index is 12.9. The number of carbonyl (C=O) groups excluding carboxylic acids is 3. The predicted molar refractivity (Wildman–Crippen MR) is 145 cm³/mol. The Labute approximate surface area is 229 Å². The number of aromatic nitrogens is 3. The molecular formula is C26H30N8O6. The van der Waals surface area contributed by atoms with Crippen molar-refractivity contribution in [1.29, 1.82) is 0 Å². The van der Waals surface area contributed by atoms with Crippen LogP contribution >= 0.6 is 0 Å².